The molecule has 0 aliphatic heterocycles. The second-order valence-corrected chi connectivity index (χ2v) is 6.62. The van der Waals surface area contributed by atoms with Gasteiger partial charge in [-0.05, 0) is 30.2 Å². The van der Waals surface area contributed by atoms with Crippen molar-refractivity contribution in [1.82, 2.24) is 9.38 Å². The van der Waals surface area contributed by atoms with Crippen LogP contribution in [0.25, 0.3) is 5.65 Å². The largest absolute Gasteiger partial charge is 0.305 e. The van der Waals surface area contributed by atoms with Crippen LogP contribution in [0.2, 0.25) is 0 Å². The molecule has 0 radical (unpaired) electrons. The number of rotatable bonds is 4. The molecule has 6 heteroatoms. The molecule has 1 N–H and O–H groups in total. The summed E-state index contributed by atoms with van der Waals surface area (Å²) in [5, 5.41) is 0. The molecule has 3 aromatic rings. The van der Waals surface area contributed by atoms with Gasteiger partial charge in [-0.2, -0.15) is 0 Å². The third-order valence-electron chi connectivity index (χ3n) is 3.27. The Bertz CT molecular complexity index is 885. The fourth-order valence-electron chi connectivity index (χ4n) is 2.17. The Morgan fingerprint density at radius 2 is 2.00 bits per heavy atom. The number of imidazole rings is 1. The van der Waals surface area contributed by atoms with Crippen LogP contribution in [-0.2, 0) is 15.8 Å². The predicted molar refractivity (Wildman–Crippen MR) is 82.6 cm³/mol. The van der Waals surface area contributed by atoms with Crippen LogP contribution in [0.4, 0.5) is 5.69 Å². The molecule has 0 saturated carbocycles. The molecule has 0 amide bonds. The van der Waals surface area contributed by atoms with Gasteiger partial charge in [0.05, 0.1) is 11.4 Å². The molecule has 1 aromatic carbocycles. The number of pyridine rings is 1. The molecule has 0 spiro atoms. The smallest absolute Gasteiger partial charge is 0.236 e. The van der Waals surface area contributed by atoms with Crippen molar-refractivity contribution >= 4 is 21.4 Å². The summed E-state index contributed by atoms with van der Waals surface area (Å²) in [5.74, 6) is -0.0400. The zero-order valence-corrected chi connectivity index (χ0v) is 12.3. The first kappa shape index (κ1) is 13.6. The highest BCUT2D eigenvalue weighted by Crippen LogP contribution is 2.16. The van der Waals surface area contributed by atoms with Gasteiger partial charge in [-0.25, -0.2) is 13.4 Å². The van der Waals surface area contributed by atoms with Crippen LogP contribution in [0, 0.1) is 6.92 Å². The lowest BCUT2D eigenvalue weighted by Crippen LogP contribution is -2.16. The number of fused-ring (bicyclic) bond motifs is 1. The molecule has 3 rings (SSSR count). The molecular weight excluding hydrogens is 286 g/mol. The zero-order chi connectivity index (χ0) is 14.9. The first-order valence-corrected chi connectivity index (χ1v) is 8.16. The van der Waals surface area contributed by atoms with Crippen molar-refractivity contribution < 1.29 is 8.42 Å². The van der Waals surface area contributed by atoms with Gasteiger partial charge >= 0.3 is 0 Å². The van der Waals surface area contributed by atoms with Crippen molar-refractivity contribution in [2.75, 3.05) is 4.72 Å². The van der Waals surface area contributed by atoms with Crippen molar-refractivity contribution in [3.05, 3.63) is 66.1 Å². The SMILES string of the molecule is Cc1ccccc1CS(=O)(=O)Nc1ccc2nccn2c1. The number of benzene rings is 1. The average Bonchev–Trinajstić information content (AvgIpc) is 2.88. The van der Waals surface area contributed by atoms with Crippen molar-refractivity contribution in [3.8, 4) is 0 Å². The molecule has 2 heterocycles. The molecule has 108 valence electrons. The first-order valence-electron chi connectivity index (χ1n) is 6.51. The predicted octanol–water partition coefficient (Wildman–Crippen LogP) is 2.58. The van der Waals surface area contributed by atoms with Crippen LogP contribution in [0.1, 0.15) is 11.1 Å². The fourth-order valence-corrected chi connectivity index (χ4v) is 3.46. The first-order chi connectivity index (χ1) is 10.0. The average molecular weight is 301 g/mol. The van der Waals surface area contributed by atoms with Crippen molar-refractivity contribution in [3.63, 3.8) is 0 Å². The number of aryl methyl sites for hydroxylation is 1. The summed E-state index contributed by atoms with van der Waals surface area (Å²) in [7, 11) is -3.45. The Morgan fingerprint density at radius 3 is 2.81 bits per heavy atom. The second kappa shape index (κ2) is 5.21. The number of sulfonamides is 1. The van der Waals surface area contributed by atoms with E-state index in [0.717, 1.165) is 16.8 Å². The highest BCUT2D eigenvalue weighted by atomic mass is 32.2. The summed E-state index contributed by atoms with van der Waals surface area (Å²) in [6.45, 7) is 1.91. The Morgan fingerprint density at radius 1 is 1.19 bits per heavy atom. The third kappa shape index (κ3) is 3.05. The Hall–Kier alpha value is -2.34. The van der Waals surface area contributed by atoms with Crippen molar-refractivity contribution in [2.24, 2.45) is 0 Å². The number of hydrogen-bond acceptors (Lipinski definition) is 3. The summed E-state index contributed by atoms with van der Waals surface area (Å²) in [5.41, 5.74) is 3.06. The van der Waals surface area contributed by atoms with Gasteiger partial charge in [-0.1, -0.05) is 24.3 Å². The van der Waals surface area contributed by atoms with Crippen LogP contribution < -0.4 is 4.72 Å². The van der Waals surface area contributed by atoms with E-state index >= 15 is 0 Å². The Labute approximate surface area is 123 Å². The molecule has 0 aliphatic rings. The number of aromatic nitrogens is 2. The molecule has 0 bridgehead atoms. The molecule has 2 aromatic heterocycles. The number of nitrogens with one attached hydrogen (secondary N) is 1. The summed E-state index contributed by atoms with van der Waals surface area (Å²) >= 11 is 0. The van der Waals surface area contributed by atoms with E-state index in [9.17, 15) is 8.42 Å². The molecule has 0 aliphatic carbocycles. The quantitative estimate of drug-likeness (QED) is 0.805. The van der Waals surface area contributed by atoms with Crippen LogP contribution in [-0.4, -0.2) is 17.8 Å². The summed E-state index contributed by atoms with van der Waals surface area (Å²) in [4.78, 5) is 4.12. The second-order valence-electron chi connectivity index (χ2n) is 4.90. The van der Waals surface area contributed by atoms with E-state index in [-0.39, 0.29) is 5.75 Å². The van der Waals surface area contributed by atoms with Crippen molar-refractivity contribution in [2.45, 2.75) is 12.7 Å². The van der Waals surface area contributed by atoms with Gasteiger partial charge < -0.3 is 4.40 Å². The molecular formula is C15H15N3O2S. The number of nitrogens with zero attached hydrogens (tertiary/aromatic N) is 2. The lowest BCUT2D eigenvalue weighted by molar-refractivity contribution is 0.600. The van der Waals surface area contributed by atoms with Crippen molar-refractivity contribution in [1.29, 1.82) is 0 Å². The van der Waals surface area contributed by atoms with Crippen LogP contribution >= 0.6 is 0 Å². The third-order valence-corrected chi connectivity index (χ3v) is 4.51. The van der Waals surface area contributed by atoms with E-state index in [1.54, 1.807) is 35.1 Å². The molecule has 21 heavy (non-hydrogen) atoms. The summed E-state index contributed by atoms with van der Waals surface area (Å²) < 4.78 is 28.9. The van der Waals surface area contributed by atoms with Crippen LogP contribution in [0.5, 0.6) is 0 Å². The maximum atomic E-state index is 12.3. The summed E-state index contributed by atoms with van der Waals surface area (Å²) in [6.07, 6.45) is 5.15. The zero-order valence-electron chi connectivity index (χ0n) is 11.5. The van der Waals surface area contributed by atoms with Gasteiger partial charge in [-0.15, -0.1) is 0 Å². The van der Waals surface area contributed by atoms with Crippen LogP contribution in [0.15, 0.2) is 55.0 Å². The van der Waals surface area contributed by atoms with Gasteiger partial charge in [0.15, 0.2) is 0 Å². The minimum Gasteiger partial charge on any atom is -0.305 e. The van der Waals surface area contributed by atoms with E-state index in [1.165, 1.54) is 0 Å². The fraction of sp³-hybridized carbons (Fsp3) is 0.133. The van der Waals surface area contributed by atoms with Gasteiger partial charge in [0.25, 0.3) is 0 Å². The van der Waals surface area contributed by atoms with E-state index in [1.807, 2.05) is 31.2 Å². The van der Waals surface area contributed by atoms with Gasteiger partial charge in [0.1, 0.15) is 5.65 Å². The molecule has 5 nitrogen and oxygen atoms in total. The van der Waals surface area contributed by atoms with E-state index in [4.69, 9.17) is 0 Å². The highest BCUT2D eigenvalue weighted by molar-refractivity contribution is 7.91. The monoisotopic (exact) mass is 301 g/mol. The maximum absolute atomic E-state index is 12.3. The Kier molecular flexibility index (Phi) is 3.39. The van der Waals surface area contributed by atoms with E-state index in [0.29, 0.717) is 5.69 Å². The summed E-state index contributed by atoms with van der Waals surface area (Å²) in [6, 6.07) is 10.9. The molecule has 0 atom stereocenters. The van der Waals surface area contributed by atoms with E-state index < -0.39 is 10.0 Å². The van der Waals surface area contributed by atoms with Crippen LogP contribution in [0.3, 0.4) is 0 Å². The lowest BCUT2D eigenvalue weighted by atomic mass is 10.1. The molecule has 0 saturated heterocycles. The van der Waals surface area contributed by atoms with E-state index in [2.05, 4.69) is 9.71 Å². The lowest BCUT2D eigenvalue weighted by Gasteiger charge is -2.10. The van der Waals surface area contributed by atoms with Gasteiger partial charge in [0.2, 0.25) is 10.0 Å². The molecule has 0 fully saturated rings. The number of anilines is 1. The maximum Gasteiger partial charge on any atom is 0.236 e. The number of hydrogen-bond donors (Lipinski definition) is 1. The van der Waals surface area contributed by atoms with Gasteiger partial charge in [0, 0.05) is 18.6 Å². The topological polar surface area (TPSA) is 63.5 Å². The standard InChI is InChI=1S/C15H15N3O2S/c1-12-4-2-3-5-13(12)11-21(19,20)17-14-6-7-15-16-8-9-18(15)10-14/h2-10,17H,11H2,1H3. The van der Waals surface area contributed by atoms with Gasteiger partial charge in [-0.3, -0.25) is 4.72 Å². The Balaban J connectivity index is 1.84. The highest BCUT2D eigenvalue weighted by Gasteiger charge is 2.13. The normalized spacial score (nSPS) is 11.7. The molecule has 0 unspecified atom stereocenters. The minimum atomic E-state index is -3.45. The minimum absolute atomic E-state index is 0.0400.